The molecule has 1 aromatic carbocycles. The molecule has 2 aromatic rings. The first kappa shape index (κ1) is 18.2. The van der Waals surface area contributed by atoms with Crippen molar-refractivity contribution in [1.29, 1.82) is 0 Å². The highest BCUT2D eigenvalue weighted by molar-refractivity contribution is 5.50. The van der Waals surface area contributed by atoms with Crippen molar-refractivity contribution in [3.05, 3.63) is 41.7 Å². The molecule has 1 aliphatic rings. The molecular weight excluding hydrogens is 349 g/mol. The molecule has 1 aromatic heterocycles. The Hall–Kier alpha value is -2.55. The van der Waals surface area contributed by atoms with E-state index in [1.54, 1.807) is 18.3 Å². The highest BCUT2D eigenvalue weighted by Crippen LogP contribution is 2.26. The summed E-state index contributed by atoms with van der Waals surface area (Å²) in [5.41, 5.74) is 2.29. The van der Waals surface area contributed by atoms with E-state index in [-0.39, 0.29) is 12.4 Å². The van der Waals surface area contributed by atoms with E-state index < -0.39 is 6.36 Å². The maximum absolute atomic E-state index is 12.2. The lowest BCUT2D eigenvalue weighted by Gasteiger charge is -2.36. The summed E-state index contributed by atoms with van der Waals surface area (Å²) in [6.07, 6.45) is -3.06. The number of aromatic nitrogens is 2. The van der Waals surface area contributed by atoms with Crippen molar-refractivity contribution in [1.82, 2.24) is 9.97 Å². The SMILES string of the molecule is Cc1nc(N2CCN(c3ccc(OC(F)(F)F)cc3)CC2)ncc1CO. The number of alkyl halides is 3. The average molecular weight is 368 g/mol. The number of hydrogen-bond donors (Lipinski definition) is 1. The number of nitrogens with zero attached hydrogens (tertiary/aromatic N) is 4. The zero-order chi connectivity index (χ0) is 18.7. The van der Waals surface area contributed by atoms with Crippen LogP contribution in [0.2, 0.25) is 0 Å². The van der Waals surface area contributed by atoms with Gasteiger partial charge < -0.3 is 19.6 Å². The molecule has 3 rings (SSSR count). The molecule has 0 amide bonds. The number of halogens is 3. The summed E-state index contributed by atoms with van der Waals surface area (Å²) in [5, 5.41) is 9.19. The Morgan fingerprint density at radius 3 is 2.23 bits per heavy atom. The molecule has 1 saturated heterocycles. The highest BCUT2D eigenvalue weighted by atomic mass is 19.4. The Morgan fingerprint density at radius 2 is 1.69 bits per heavy atom. The normalized spacial score (nSPS) is 15.3. The van der Waals surface area contributed by atoms with Crippen molar-refractivity contribution in [2.24, 2.45) is 0 Å². The second kappa shape index (κ2) is 7.36. The van der Waals surface area contributed by atoms with Gasteiger partial charge in [-0.25, -0.2) is 9.97 Å². The predicted molar refractivity (Wildman–Crippen MR) is 90.2 cm³/mol. The summed E-state index contributed by atoms with van der Waals surface area (Å²) >= 11 is 0. The first-order chi connectivity index (χ1) is 12.4. The summed E-state index contributed by atoms with van der Waals surface area (Å²) in [5.74, 6) is 0.390. The average Bonchev–Trinajstić information content (AvgIpc) is 2.61. The Bertz CT molecular complexity index is 745. The Labute approximate surface area is 148 Å². The summed E-state index contributed by atoms with van der Waals surface area (Å²) in [4.78, 5) is 12.8. The first-order valence-electron chi connectivity index (χ1n) is 8.15. The molecule has 140 valence electrons. The fourth-order valence-corrected chi connectivity index (χ4v) is 2.81. The van der Waals surface area contributed by atoms with Gasteiger partial charge in [-0.3, -0.25) is 0 Å². The minimum atomic E-state index is -4.68. The van der Waals surface area contributed by atoms with E-state index in [0.717, 1.165) is 11.4 Å². The molecule has 1 aliphatic heterocycles. The van der Waals surface area contributed by atoms with Crippen LogP contribution in [-0.4, -0.2) is 47.6 Å². The zero-order valence-corrected chi connectivity index (χ0v) is 14.2. The van der Waals surface area contributed by atoms with Gasteiger partial charge in [0.2, 0.25) is 5.95 Å². The Morgan fingerprint density at radius 1 is 1.08 bits per heavy atom. The van der Waals surface area contributed by atoms with Gasteiger partial charge in [-0.15, -0.1) is 13.2 Å². The minimum absolute atomic E-state index is 0.0893. The van der Waals surface area contributed by atoms with Crippen LogP contribution < -0.4 is 14.5 Å². The van der Waals surface area contributed by atoms with Gasteiger partial charge in [0.1, 0.15) is 5.75 Å². The fraction of sp³-hybridized carbons (Fsp3) is 0.412. The van der Waals surface area contributed by atoms with Crippen molar-refractivity contribution < 1.29 is 23.0 Å². The van der Waals surface area contributed by atoms with E-state index in [2.05, 4.69) is 19.6 Å². The summed E-state index contributed by atoms with van der Waals surface area (Å²) in [6, 6.07) is 5.87. The third-order valence-electron chi connectivity index (χ3n) is 4.24. The number of anilines is 2. The summed E-state index contributed by atoms with van der Waals surface area (Å²) in [6.45, 7) is 4.52. The fourth-order valence-electron chi connectivity index (χ4n) is 2.81. The van der Waals surface area contributed by atoms with Crippen molar-refractivity contribution in [3.8, 4) is 5.75 Å². The van der Waals surface area contributed by atoms with Gasteiger partial charge in [0.25, 0.3) is 0 Å². The zero-order valence-electron chi connectivity index (χ0n) is 14.2. The van der Waals surface area contributed by atoms with Crippen LogP contribution in [0.4, 0.5) is 24.8 Å². The van der Waals surface area contributed by atoms with Crippen LogP contribution in [0.3, 0.4) is 0 Å². The largest absolute Gasteiger partial charge is 0.573 e. The van der Waals surface area contributed by atoms with Gasteiger partial charge in [0.15, 0.2) is 0 Å². The Balaban J connectivity index is 1.60. The van der Waals surface area contributed by atoms with Gasteiger partial charge in [0, 0.05) is 49.3 Å². The van der Waals surface area contributed by atoms with Crippen LogP contribution >= 0.6 is 0 Å². The minimum Gasteiger partial charge on any atom is -0.406 e. The van der Waals surface area contributed by atoms with Gasteiger partial charge in [-0.1, -0.05) is 0 Å². The molecule has 2 heterocycles. The topological polar surface area (TPSA) is 61.7 Å². The molecule has 0 radical (unpaired) electrons. The molecule has 1 fully saturated rings. The lowest BCUT2D eigenvalue weighted by atomic mass is 10.2. The smallest absolute Gasteiger partial charge is 0.406 e. The predicted octanol–water partition coefficient (Wildman–Crippen LogP) is 2.50. The molecule has 0 atom stereocenters. The number of aliphatic hydroxyl groups excluding tert-OH is 1. The standard InChI is InChI=1S/C17H19F3N4O2/c1-12-13(11-25)10-21-16(22-12)24-8-6-23(7-9-24)14-2-4-15(5-3-14)26-17(18,19)20/h2-5,10,25H,6-9,11H2,1H3. The van der Waals surface area contributed by atoms with Crippen molar-refractivity contribution >= 4 is 11.6 Å². The van der Waals surface area contributed by atoms with E-state index in [9.17, 15) is 18.3 Å². The van der Waals surface area contributed by atoms with Crippen molar-refractivity contribution in [3.63, 3.8) is 0 Å². The maximum atomic E-state index is 12.2. The van der Waals surface area contributed by atoms with Crippen LogP contribution in [-0.2, 0) is 6.61 Å². The molecule has 1 N–H and O–H groups in total. The molecule has 6 nitrogen and oxygen atoms in total. The Kier molecular flexibility index (Phi) is 5.17. The highest BCUT2D eigenvalue weighted by Gasteiger charge is 2.31. The van der Waals surface area contributed by atoms with Crippen LogP contribution in [0.15, 0.2) is 30.5 Å². The van der Waals surface area contributed by atoms with Gasteiger partial charge in [-0.05, 0) is 31.2 Å². The number of hydrogen-bond acceptors (Lipinski definition) is 6. The number of ether oxygens (including phenoxy) is 1. The molecule has 0 saturated carbocycles. The molecule has 0 unspecified atom stereocenters. The van der Waals surface area contributed by atoms with E-state index in [1.165, 1.54) is 12.1 Å². The molecule has 26 heavy (non-hydrogen) atoms. The molecule has 0 bridgehead atoms. The maximum Gasteiger partial charge on any atom is 0.573 e. The van der Waals surface area contributed by atoms with Gasteiger partial charge >= 0.3 is 6.36 Å². The van der Waals surface area contributed by atoms with E-state index in [1.807, 2.05) is 11.8 Å². The number of aryl methyl sites for hydroxylation is 1. The third kappa shape index (κ3) is 4.34. The summed E-state index contributed by atoms with van der Waals surface area (Å²) in [7, 11) is 0. The second-order valence-electron chi connectivity index (χ2n) is 5.95. The van der Waals surface area contributed by atoms with Crippen molar-refractivity contribution in [2.45, 2.75) is 19.9 Å². The van der Waals surface area contributed by atoms with Crippen LogP contribution in [0.1, 0.15) is 11.3 Å². The molecule has 9 heteroatoms. The first-order valence-corrected chi connectivity index (χ1v) is 8.15. The molecule has 0 spiro atoms. The quantitative estimate of drug-likeness (QED) is 0.895. The number of aliphatic hydroxyl groups is 1. The van der Waals surface area contributed by atoms with E-state index in [4.69, 9.17) is 0 Å². The third-order valence-corrected chi connectivity index (χ3v) is 4.24. The van der Waals surface area contributed by atoms with E-state index in [0.29, 0.717) is 37.7 Å². The van der Waals surface area contributed by atoms with Crippen LogP contribution in [0.5, 0.6) is 5.75 Å². The van der Waals surface area contributed by atoms with Crippen molar-refractivity contribution in [2.75, 3.05) is 36.0 Å². The molecular formula is C17H19F3N4O2. The molecule has 0 aliphatic carbocycles. The number of piperazine rings is 1. The lowest BCUT2D eigenvalue weighted by molar-refractivity contribution is -0.274. The second-order valence-corrected chi connectivity index (χ2v) is 5.95. The number of benzene rings is 1. The lowest BCUT2D eigenvalue weighted by Crippen LogP contribution is -2.47. The number of rotatable bonds is 4. The van der Waals surface area contributed by atoms with Gasteiger partial charge in [0.05, 0.1) is 6.61 Å². The summed E-state index contributed by atoms with van der Waals surface area (Å²) < 4.78 is 40.5. The van der Waals surface area contributed by atoms with E-state index >= 15 is 0 Å². The van der Waals surface area contributed by atoms with Crippen LogP contribution in [0.25, 0.3) is 0 Å². The van der Waals surface area contributed by atoms with Crippen LogP contribution in [0, 0.1) is 6.92 Å². The monoisotopic (exact) mass is 368 g/mol. The van der Waals surface area contributed by atoms with Gasteiger partial charge in [-0.2, -0.15) is 0 Å².